The van der Waals surface area contributed by atoms with Gasteiger partial charge in [0.25, 0.3) is 0 Å². The Labute approximate surface area is 153 Å². The van der Waals surface area contributed by atoms with Crippen molar-refractivity contribution >= 4 is 17.6 Å². The Balaban J connectivity index is 1.87. The van der Waals surface area contributed by atoms with Crippen molar-refractivity contribution in [3.63, 3.8) is 0 Å². The molecule has 2 atom stereocenters. The maximum absolute atomic E-state index is 13.1. The molecule has 0 bridgehead atoms. The number of carbonyl (C=O) groups excluding carboxylic acids is 1. The highest BCUT2D eigenvalue weighted by molar-refractivity contribution is 5.96. The van der Waals surface area contributed by atoms with Gasteiger partial charge in [0.15, 0.2) is 0 Å². The quantitative estimate of drug-likeness (QED) is 0.865. The number of carboxylic acid groups (broad SMARTS) is 1. The summed E-state index contributed by atoms with van der Waals surface area (Å²) in [6.45, 7) is 4.93. The number of carbonyl (C=O) groups is 2. The van der Waals surface area contributed by atoms with Crippen LogP contribution in [-0.4, -0.2) is 35.0 Å². The van der Waals surface area contributed by atoms with E-state index in [9.17, 15) is 14.7 Å². The van der Waals surface area contributed by atoms with Gasteiger partial charge < -0.3 is 10.4 Å². The second kappa shape index (κ2) is 7.70. The molecule has 1 aliphatic rings. The summed E-state index contributed by atoms with van der Waals surface area (Å²) in [4.78, 5) is 26.4. The third kappa shape index (κ3) is 3.94. The monoisotopic (exact) mass is 352 g/mol. The van der Waals surface area contributed by atoms with E-state index in [-0.39, 0.29) is 5.91 Å². The predicted octanol–water partition coefficient (Wildman–Crippen LogP) is 3.39. The van der Waals surface area contributed by atoms with E-state index in [2.05, 4.69) is 5.32 Å². The van der Waals surface area contributed by atoms with Crippen LogP contribution in [0.3, 0.4) is 0 Å². The summed E-state index contributed by atoms with van der Waals surface area (Å²) in [5, 5.41) is 12.3. The van der Waals surface area contributed by atoms with Crippen molar-refractivity contribution in [2.75, 3.05) is 18.4 Å². The molecule has 1 saturated heterocycles. The van der Waals surface area contributed by atoms with Crippen molar-refractivity contribution in [1.82, 2.24) is 4.90 Å². The van der Waals surface area contributed by atoms with Crippen LogP contribution in [0.25, 0.3) is 0 Å². The first-order valence-corrected chi connectivity index (χ1v) is 8.85. The van der Waals surface area contributed by atoms with Gasteiger partial charge in [0.2, 0.25) is 5.91 Å². The Hall–Kier alpha value is -2.66. The molecular formula is C21H24N2O3. The van der Waals surface area contributed by atoms with Crippen molar-refractivity contribution in [3.05, 3.63) is 65.2 Å². The molecule has 3 rings (SSSR count). The number of likely N-dealkylation sites (tertiary alicyclic amines) is 1. The van der Waals surface area contributed by atoms with Crippen molar-refractivity contribution in [2.24, 2.45) is 5.92 Å². The summed E-state index contributed by atoms with van der Waals surface area (Å²) in [5.41, 5.74) is 3.75. The zero-order valence-electron chi connectivity index (χ0n) is 15.1. The number of aliphatic carboxylic acids is 1. The van der Waals surface area contributed by atoms with E-state index in [1.54, 1.807) is 0 Å². The topological polar surface area (TPSA) is 69.6 Å². The van der Waals surface area contributed by atoms with E-state index in [1.165, 1.54) is 0 Å². The summed E-state index contributed by atoms with van der Waals surface area (Å²) in [7, 11) is 0. The van der Waals surface area contributed by atoms with E-state index >= 15 is 0 Å². The summed E-state index contributed by atoms with van der Waals surface area (Å²) in [6.07, 6.45) is 0.565. The number of carboxylic acids is 1. The molecule has 2 aromatic rings. The largest absolute Gasteiger partial charge is 0.481 e. The lowest BCUT2D eigenvalue weighted by Crippen LogP contribution is -2.36. The van der Waals surface area contributed by atoms with Crippen molar-refractivity contribution in [2.45, 2.75) is 26.3 Å². The molecule has 1 heterocycles. The number of anilines is 1. The van der Waals surface area contributed by atoms with E-state index in [1.807, 2.05) is 67.3 Å². The Morgan fingerprint density at radius 2 is 1.88 bits per heavy atom. The molecule has 0 aliphatic carbocycles. The molecule has 0 saturated carbocycles. The molecule has 1 aliphatic heterocycles. The van der Waals surface area contributed by atoms with Crippen molar-refractivity contribution in [3.8, 4) is 0 Å². The number of benzene rings is 2. The van der Waals surface area contributed by atoms with Crippen LogP contribution in [-0.2, 0) is 9.59 Å². The minimum absolute atomic E-state index is 0.129. The number of amides is 1. The number of hydrogen-bond donors (Lipinski definition) is 2. The number of rotatable bonds is 5. The molecular weight excluding hydrogens is 328 g/mol. The summed E-state index contributed by atoms with van der Waals surface area (Å²) in [6, 6.07) is 15.0. The standard InChI is InChI=1S/C21H24N2O3/c1-14-8-9-15(2)18(12-14)22-20(24)19(16-6-4-3-5-7-16)23-11-10-17(13-23)21(25)26/h3-9,12,17,19H,10-11,13H2,1-2H3,(H,22,24)(H,25,26). The normalized spacial score (nSPS) is 18.5. The highest BCUT2D eigenvalue weighted by atomic mass is 16.4. The summed E-state index contributed by atoms with van der Waals surface area (Å²) < 4.78 is 0. The molecule has 2 unspecified atom stereocenters. The Bertz CT molecular complexity index is 804. The fraction of sp³-hybridized carbons (Fsp3) is 0.333. The van der Waals surface area contributed by atoms with Crippen LogP contribution in [0.4, 0.5) is 5.69 Å². The van der Waals surface area contributed by atoms with E-state index in [0.29, 0.717) is 19.5 Å². The third-order valence-electron chi connectivity index (χ3n) is 4.95. The molecule has 1 fully saturated rings. The van der Waals surface area contributed by atoms with Gasteiger partial charge in [0.05, 0.1) is 5.92 Å². The van der Waals surface area contributed by atoms with Gasteiger partial charge in [-0.2, -0.15) is 0 Å². The van der Waals surface area contributed by atoms with Crippen LogP contribution in [0.15, 0.2) is 48.5 Å². The van der Waals surface area contributed by atoms with E-state index < -0.39 is 17.9 Å². The van der Waals surface area contributed by atoms with Crippen LogP contribution in [0, 0.1) is 19.8 Å². The lowest BCUT2D eigenvalue weighted by molar-refractivity contribution is -0.141. The van der Waals surface area contributed by atoms with Gasteiger partial charge in [0, 0.05) is 18.8 Å². The van der Waals surface area contributed by atoms with Gasteiger partial charge in [-0.15, -0.1) is 0 Å². The Morgan fingerprint density at radius 1 is 1.15 bits per heavy atom. The summed E-state index contributed by atoms with van der Waals surface area (Å²) >= 11 is 0. The molecule has 26 heavy (non-hydrogen) atoms. The van der Waals surface area contributed by atoms with Gasteiger partial charge in [-0.25, -0.2) is 0 Å². The van der Waals surface area contributed by atoms with Crippen LogP contribution in [0.2, 0.25) is 0 Å². The van der Waals surface area contributed by atoms with Crippen LogP contribution in [0.1, 0.15) is 29.2 Å². The second-order valence-corrected chi connectivity index (χ2v) is 6.94. The van der Waals surface area contributed by atoms with Gasteiger partial charge in [-0.1, -0.05) is 42.5 Å². The fourth-order valence-corrected chi connectivity index (χ4v) is 3.46. The zero-order valence-corrected chi connectivity index (χ0v) is 15.1. The van der Waals surface area contributed by atoms with Crippen molar-refractivity contribution < 1.29 is 14.7 Å². The Morgan fingerprint density at radius 3 is 2.54 bits per heavy atom. The molecule has 5 heteroatoms. The third-order valence-corrected chi connectivity index (χ3v) is 4.95. The zero-order chi connectivity index (χ0) is 18.7. The average Bonchev–Trinajstić information content (AvgIpc) is 3.09. The molecule has 2 N–H and O–H groups in total. The smallest absolute Gasteiger partial charge is 0.307 e. The Kier molecular flexibility index (Phi) is 5.38. The maximum atomic E-state index is 13.1. The first-order valence-electron chi connectivity index (χ1n) is 8.85. The predicted molar refractivity (Wildman–Crippen MR) is 101 cm³/mol. The van der Waals surface area contributed by atoms with Gasteiger partial charge in [0.1, 0.15) is 6.04 Å². The molecule has 2 aromatic carbocycles. The van der Waals surface area contributed by atoms with E-state index in [4.69, 9.17) is 0 Å². The van der Waals surface area contributed by atoms with Crippen LogP contribution in [0.5, 0.6) is 0 Å². The SMILES string of the molecule is Cc1ccc(C)c(NC(=O)C(c2ccccc2)N2CCC(C(=O)O)C2)c1. The number of nitrogens with zero attached hydrogens (tertiary/aromatic N) is 1. The molecule has 0 spiro atoms. The van der Waals surface area contributed by atoms with Gasteiger partial charge in [-0.05, 0) is 43.0 Å². The lowest BCUT2D eigenvalue weighted by Gasteiger charge is -2.27. The molecule has 0 radical (unpaired) electrons. The highest BCUT2D eigenvalue weighted by Gasteiger charge is 2.36. The highest BCUT2D eigenvalue weighted by Crippen LogP contribution is 2.29. The average molecular weight is 352 g/mol. The fourth-order valence-electron chi connectivity index (χ4n) is 3.46. The molecule has 5 nitrogen and oxygen atoms in total. The number of hydrogen-bond acceptors (Lipinski definition) is 3. The molecule has 136 valence electrons. The first kappa shape index (κ1) is 18.1. The van der Waals surface area contributed by atoms with E-state index in [0.717, 1.165) is 22.4 Å². The first-order chi connectivity index (χ1) is 12.5. The molecule has 1 amide bonds. The second-order valence-electron chi connectivity index (χ2n) is 6.94. The van der Waals surface area contributed by atoms with Gasteiger partial charge in [-0.3, -0.25) is 14.5 Å². The minimum Gasteiger partial charge on any atom is -0.481 e. The van der Waals surface area contributed by atoms with Gasteiger partial charge >= 0.3 is 5.97 Å². The maximum Gasteiger partial charge on any atom is 0.307 e. The minimum atomic E-state index is -0.797. The number of nitrogens with one attached hydrogen (secondary N) is 1. The molecule has 0 aromatic heterocycles. The van der Waals surface area contributed by atoms with Crippen LogP contribution < -0.4 is 5.32 Å². The van der Waals surface area contributed by atoms with Crippen LogP contribution >= 0.6 is 0 Å². The lowest BCUT2D eigenvalue weighted by atomic mass is 10.0. The van der Waals surface area contributed by atoms with Crippen molar-refractivity contribution in [1.29, 1.82) is 0 Å². The number of aryl methyl sites for hydroxylation is 2. The summed E-state index contributed by atoms with van der Waals surface area (Å²) in [5.74, 6) is -1.35.